The molecule has 0 bridgehead atoms. The average molecular weight is 352 g/mol. The summed E-state index contributed by atoms with van der Waals surface area (Å²) in [6, 6.07) is 13.4. The second kappa shape index (κ2) is 7.77. The highest BCUT2D eigenvalue weighted by molar-refractivity contribution is 5.83. The van der Waals surface area contributed by atoms with Crippen LogP contribution in [0, 0.1) is 10.1 Å². The number of fused-ring (bicyclic) bond motifs is 1. The molecule has 3 rings (SSSR count). The fraction of sp³-hybridized carbons (Fsp3) is 0.263. The molecule has 0 spiro atoms. The van der Waals surface area contributed by atoms with Gasteiger partial charge in [-0.25, -0.2) is 4.98 Å². The Labute approximate surface area is 151 Å². The van der Waals surface area contributed by atoms with Crippen LogP contribution in [0.4, 0.5) is 11.5 Å². The van der Waals surface area contributed by atoms with Gasteiger partial charge in [-0.1, -0.05) is 43.7 Å². The van der Waals surface area contributed by atoms with Crippen LogP contribution in [0.2, 0.25) is 0 Å². The van der Waals surface area contributed by atoms with E-state index in [-0.39, 0.29) is 17.4 Å². The second-order valence-electron chi connectivity index (χ2n) is 5.99. The fourth-order valence-electron chi connectivity index (χ4n) is 2.71. The van der Waals surface area contributed by atoms with Crippen LogP contribution in [0.3, 0.4) is 0 Å². The van der Waals surface area contributed by atoms with Crippen molar-refractivity contribution >= 4 is 22.3 Å². The smallest absolute Gasteiger partial charge is 0.373 e. The third-order valence-electron chi connectivity index (χ3n) is 4.10. The first-order valence-electron chi connectivity index (χ1n) is 8.47. The van der Waals surface area contributed by atoms with E-state index in [9.17, 15) is 10.1 Å². The normalized spacial score (nSPS) is 10.7. The van der Waals surface area contributed by atoms with Crippen molar-refractivity contribution in [2.75, 3.05) is 18.5 Å². The Morgan fingerprint density at radius 3 is 2.65 bits per heavy atom. The lowest BCUT2D eigenvalue weighted by Gasteiger charge is -2.18. The van der Waals surface area contributed by atoms with Gasteiger partial charge in [-0.3, -0.25) is 10.1 Å². The Balaban J connectivity index is 1.96. The van der Waals surface area contributed by atoms with Gasteiger partial charge < -0.3 is 9.64 Å². The molecular weight excluding hydrogens is 332 g/mol. The molecule has 0 aliphatic heterocycles. The van der Waals surface area contributed by atoms with E-state index in [4.69, 9.17) is 4.74 Å². The number of benzene rings is 2. The molecule has 134 valence electrons. The van der Waals surface area contributed by atoms with Crippen LogP contribution in [-0.4, -0.2) is 28.5 Å². The maximum Gasteiger partial charge on any atom is 0.373 e. The molecule has 0 amide bonds. The van der Waals surface area contributed by atoms with Crippen molar-refractivity contribution in [2.45, 2.75) is 19.8 Å². The summed E-state index contributed by atoms with van der Waals surface area (Å²) in [5.74, 6) is 0.695. The minimum atomic E-state index is -0.492. The summed E-state index contributed by atoms with van der Waals surface area (Å²) in [5.41, 5.74) is -0.223. The fourth-order valence-corrected chi connectivity index (χ4v) is 2.71. The van der Waals surface area contributed by atoms with Crippen LogP contribution in [0.1, 0.15) is 19.8 Å². The van der Waals surface area contributed by atoms with E-state index in [1.54, 1.807) is 18.0 Å². The third-order valence-corrected chi connectivity index (χ3v) is 4.10. The highest BCUT2D eigenvalue weighted by Gasteiger charge is 2.27. The van der Waals surface area contributed by atoms with Gasteiger partial charge in [0.05, 0.1) is 4.92 Å². The molecule has 0 radical (unpaired) electrons. The number of ether oxygens (including phenoxy) is 1. The first kappa shape index (κ1) is 17.6. The Kier molecular flexibility index (Phi) is 5.26. The van der Waals surface area contributed by atoms with Gasteiger partial charge in [0.15, 0.2) is 0 Å². The molecule has 1 aromatic heterocycles. The van der Waals surface area contributed by atoms with Gasteiger partial charge in [0.25, 0.3) is 0 Å². The second-order valence-corrected chi connectivity index (χ2v) is 5.99. The highest BCUT2D eigenvalue weighted by atomic mass is 16.6. The monoisotopic (exact) mass is 352 g/mol. The minimum Gasteiger partial charge on any atom is -0.434 e. The number of anilines is 1. The summed E-state index contributed by atoms with van der Waals surface area (Å²) in [4.78, 5) is 21.0. The van der Waals surface area contributed by atoms with E-state index in [1.165, 1.54) is 6.33 Å². The number of rotatable bonds is 7. The van der Waals surface area contributed by atoms with E-state index in [0.717, 1.165) is 23.6 Å². The van der Waals surface area contributed by atoms with E-state index in [1.807, 2.05) is 36.4 Å². The van der Waals surface area contributed by atoms with E-state index >= 15 is 0 Å². The molecule has 0 aliphatic rings. The molecule has 0 unspecified atom stereocenters. The zero-order valence-corrected chi connectivity index (χ0v) is 14.8. The molecular formula is C19H20N4O3. The predicted molar refractivity (Wildman–Crippen MR) is 101 cm³/mol. The Morgan fingerprint density at radius 2 is 1.92 bits per heavy atom. The van der Waals surface area contributed by atoms with Crippen LogP contribution >= 0.6 is 0 Å². The van der Waals surface area contributed by atoms with Gasteiger partial charge in [-0.15, -0.1) is 0 Å². The van der Waals surface area contributed by atoms with Crippen LogP contribution < -0.4 is 9.64 Å². The molecule has 7 heteroatoms. The Hall–Kier alpha value is -3.22. The van der Waals surface area contributed by atoms with E-state index in [0.29, 0.717) is 12.3 Å². The van der Waals surface area contributed by atoms with Gasteiger partial charge in [-0.05, 0) is 29.3 Å². The average Bonchev–Trinajstić information content (AvgIpc) is 2.65. The Morgan fingerprint density at radius 1 is 1.15 bits per heavy atom. The molecule has 26 heavy (non-hydrogen) atoms. The summed E-state index contributed by atoms with van der Waals surface area (Å²) in [6.45, 7) is 2.74. The van der Waals surface area contributed by atoms with E-state index < -0.39 is 4.92 Å². The van der Waals surface area contributed by atoms with Gasteiger partial charge in [0, 0.05) is 13.6 Å². The quantitative estimate of drug-likeness (QED) is 0.458. The maximum atomic E-state index is 11.6. The Bertz CT molecular complexity index is 930. The van der Waals surface area contributed by atoms with Crippen molar-refractivity contribution in [3.63, 3.8) is 0 Å². The first-order chi connectivity index (χ1) is 12.6. The topological polar surface area (TPSA) is 81.4 Å². The molecule has 7 nitrogen and oxygen atoms in total. The number of nitro groups is 1. The van der Waals surface area contributed by atoms with Crippen LogP contribution in [0.15, 0.2) is 48.8 Å². The summed E-state index contributed by atoms with van der Waals surface area (Å²) in [7, 11) is 1.78. The number of unbranched alkanes of at least 4 members (excludes halogenated alkanes) is 1. The molecule has 0 saturated heterocycles. The van der Waals surface area contributed by atoms with Gasteiger partial charge in [0.1, 0.15) is 12.1 Å². The van der Waals surface area contributed by atoms with Gasteiger partial charge in [0.2, 0.25) is 5.82 Å². The molecule has 2 aromatic carbocycles. The summed E-state index contributed by atoms with van der Waals surface area (Å²) >= 11 is 0. The standard InChI is InChI=1S/C19H20N4O3/c1-3-4-11-22(2)18-17(23(24)25)19(21-13-20-18)26-16-10-9-14-7-5-6-8-15(14)12-16/h5-10,12-13H,3-4,11H2,1-2H3. The van der Waals surface area contributed by atoms with Gasteiger partial charge >= 0.3 is 11.6 Å². The number of hydrogen-bond donors (Lipinski definition) is 0. The van der Waals surface area contributed by atoms with E-state index in [2.05, 4.69) is 16.9 Å². The molecule has 0 atom stereocenters. The van der Waals surface area contributed by atoms with Crippen molar-refractivity contribution in [1.29, 1.82) is 0 Å². The number of aromatic nitrogens is 2. The number of nitrogens with zero attached hydrogens (tertiary/aromatic N) is 4. The van der Waals surface area contributed by atoms with Crippen LogP contribution in [0.5, 0.6) is 11.6 Å². The zero-order chi connectivity index (χ0) is 18.5. The van der Waals surface area contributed by atoms with Crippen molar-refractivity contribution < 1.29 is 9.66 Å². The molecule has 0 aliphatic carbocycles. The molecule has 0 saturated carbocycles. The lowest BCUT2D eigenvalue weighted by Crippen LogP contribution is -2.21. The van der Waals surface area contributed by atoms with Crippen LogP contribution in [-0.2, 0) is 0 Å². The highest BCUT2D eigenvalue weighted by Crippen LogP contribution is 2.36. The minimum absolute atomic E-state index is 0.0568. The SMILES string of the molecule is CCCCN(C)c1ncnc(Oc2ccc3ccccc3c2)c1[N+](=O)[O-]. The van der Waals surface area contributed by atoms with Crippen LogP contribution in [0.25, 0.3) is 10.8 Å². The molecule has 0 N–H and O–H groups in total. The third kappa shape index (κ3) is 3.72. The van der Waals surface area contributed by atoms with Crippen molar-refractivity contribution in [2.24, 2.45) is 0 Å². The predicted octanol–water partition coefficient (Wildman–Crippen LogP) is 4.57. The van der Waals surface area contributed by atoms with Crippen molar-refractivity contribution in [1.82, 2.24) is 9.97 Å². The summed E-state index contributed by atoms with van der Waals surface area (Å²) in [5, 5.41) is 13.7. The maximum absolute atomic E-state index is 11.6. The summed E-state index contributed by atoms with van der Waals surface area (Å²) in [6.07, 6.45) is 3.20. The molecule has 3 aromatic rings. The largest absolute Gasteiger partial charge is 0.434 e. The number of hydrogen-bond acceptors (Lipinski definition) is 6. The summed E-state index contributed by atoms with van der Waals surface area (Å²) < 4.78 is 5.75. The van der Waals surface area contributed by atoms with Crippen molar-refractivity contribution in [3.8, 4) is 11.6 Å². The molecule has 0 fully saturated rings. The lowest BCUT2D eigenvalue weighted by atomic mass is 10.1. The van der Waals surface area contributed by atoms with Gasteiger partial charge in [-0.2, -0.15) is 4.98 Å². The molecule has 1 heterocycles. The van der Waals surface area contributed by atoms with Crippen molar-refractivity contribution in [3.05, 3.63) is 58.9 Å². The first-order valence-corrected chi connectivity index (χ1v) is 8.47. The lowest BCUT2D eigenvalue weighted by molar-refractivity contribution is -0.385. The zero-order valence-electron chi connectivity index (χ0n) is 14.8.